The molecule has 2 aliphatic heterocycles. The minimum absolute atomic E-state index is 0.394. The van der Waals surface area contributed by atoms with E-state index >= 15 is 0 Å². The smallest absolute Gasteiger partial charge is 0.111 e. The lowest BCUT2D eigenvalue weighted by Gasteiger charge is -2.37. The number of rotatable bonds is 4. The third-order valence-electron chi connectivity index (χ3n) is 4.25. The molecule has 0 amide bonds. The van der Waals surface area contributed by atoms with Crippen molar-refractivity contribution in [2.24, 2.45) is 0 Å². The maximum Gasteiger partial charge on any atom is 0.111 e. The van der Waals surface area contributed by atoms with Crippen LogP contribution >= 0.6 is 11.6 Å². The van der Waals surface area contributed by atoms with Crippen LogP contribution in [0.15, 0.2) is 6.20 Å². The van der Waals surface area contributed by atoms with Gasteiger partial charge in [-0.1, -0.05) is 11.6 Å². The fraction of sp³-hybridized carbons (Fsp3) is 0.769. The highest BCUT2D eigenvalue weighted by Crippen LogP contribution is 2.42. The molecule has 19 heavy (non-hydrogen) atoms. The van der Waals surface area contributed by atoms with Crippen molar-refractivity contribution in [1.82, 2.24) is 15.1 Å². The van der Waals surface area contributed by atoms with E-state index in [1.165, 1.54) is 0 Å². The first-order valence-corrected chi connectivity index (χ1v) is 7.19. The summed E-state index contributed by atoms with van der Waals surface area (Å²) in [7, 11) is 1.66. The maximum absolute atomic E-state index is 11.0. The van der Waals surface area contributed by atoms with E-state index in [2.05, 4.69) is 10.4 Å². The molecule has 0 spiro atoms. The van der Waals surface area contributed by atoms with Crippen LogP contribution in [0, 0.1) is 0 Å². The van der Waals surface area contributed by atoms with Gasteiger partial charge in [0, 0.05) is 19.2 Å². The van der Waals surface area contributed by atoms with E-state index < -0.39 is 5.60 Å². The molecule has 2 fully saturated rings. The SMILES string of the molecule is COCCn1ncc(Cl)c1C1(O)CC2CCC(C1)N2. The molecule has 2 saturated heterocycles. The first kappa shape index (κ1) is 13.4. The molecule has 3 heterocycles. The van der Waals surface area contributed by atoms with Gasteiger partial charge in [-0.3, -0.25) is 4.68 Å². The highest BCUT2D eigenvalue weighted by atomic mass is 35.5. The topological polar surface area (TPSA) is 59.3 Å². The average Bonchev–Trinajstić information content (AvgIpc) is 2.90. The van der Waals surface area contributed by atoms with Gasteiger partial charge in [-0.25, -0.2) is 0 Å². The normalized spacial score (nSPS) is 33.8. The summed E-state index contributed by atoms with van der Waals surface area (Å²) in [6.45, 7) is 1.18. The summed E-state index contributed by atoms with van der Waals surface area (Å²) in [6.07, 6.45) is 5.31. The van der Waals surface area contributed by atoms with Gasteiger partial charge in [0.2, 0.25) is 0 Å². The van der Waals surface area contributed by atoms with Crippen LogP contribution in [0.1, 0.15) is 31.4 Å². The second-order valence-corrected chi connectivity index (χ2v) is 6.04. The lowest BCUT2D eigenvalue weighted by molar-refractivity contribution is -0.0198. The standard InChI is InChI=1S/C13H20ClN3O2/c1-19-5-4-17-12(11(14)8-15-17)13(18)6-9-2-3-10(7-13)16-9/h8-10,16,18H,2-7H2,1H3. The third kappa shape index (κ3) is 2.40. The van der Waals surface area contributed by atoms with Crippen LogP contribution in [0.2, 0.25) is 5.02 Å². The zero-order valence-corrected chi connectivity index (χ0v) is 11.9. The summed E-state index contributed by atoms with van der Waals surface area (Å²) in [6, 6.07) is 0.788. The van der Waals surface area contributed by atoms with Crippen LogP contribution in [0.25, 0.3) is 0 Å². The first-order valence-electron chi connectivity index (χ1n) is 6.81. The fourth-order valence-electron chi connectivity index (χ4n) is 3.49. The summed E-state index contributed by atoms with van der Waals surface area (Å²) in [5, 5.41) is 19.4. The molecule has 2 bridgehead atoms. The molecule has 2 N–H and O–H groups in total. The summed E-state index contributed by atoms with van der Waals surface area (Å²) in [5.41, 5.74) is -0.108. The Balaban J connectivity index is 1.90. The van der Waals surface area contributed by atoms with Gasteiger partial charge in [-0.05, 0) is 25.7 Å². The van der Waals surface area contributed by atoms with Gasteiger partial charge in [-0.2, -0.15) is 5.10 Å². The number of aliphatic hydroxyl groups is 1. The molecule has 2 atom stereocenters. The van der Waals surface area contributed by atoms with Crippen molar-refractivity contribution in [1.29, 1.82) is 0 Å². The Morgan fingerprint density at radius 3 is 2.84 bits per heavy atom. The molecular weight excluding hydrogens is 266 g/mol. The second-order valence-electron chi connectivity index (χ2n) is 5.63. The molecule has 0 radical (unpaired) electrons. The largest absolute Gasteiger partial charge is 0.383 e. The quantitative estimate of drug-likeness (QED) is 0.875. The molecule has 1 aromatic heterocycles. The molecule has 2 aliphatic rings. The molecule has 106 valence electrons. The summed E-state index contributed by atoms with van der Waals surface area (Å²) < 4.78 is 6.88. The molecule has 0 saturated carbocycles. The number of nitrogens with zero attached hydrogens (tertiary/aromatic N) is 2. The van der Waals surface area contributed by atoms with E-state index in [0.717, 1.165) is 18.5 Å². The number of piperidine rings is 1. The van der Waals surface area contributed by atoms with Gasteiger partial charge < -0.3 is 15.2 Å². The fourth-order valence-corrected chi connectivity index (χ4v) is 3.81. The zero-order chi connectivity index (χ0) is 13.5. The highest BCUT2D eigenvalue weighted by Gasteiger charge is 2.46. The van der Waals surface area contributed by atoms with Crippen molar-refractivity contribution in [3.63, 3.8) is 0 Å². The number of methoxy groups -OCH3 is 1. The molecule has 6 heteroatoms. The van der Waals surface area contributed by atoms with Crippen molar-refractivity contribution in [2.75, 3.05) is 13.7 Å². The number of ether oxygens (including phenoxy) is 1. The van der Waals surface area contributed by atoms with Crippen LogP contribution in [0.5, 0.6) is 0 Å². The van der Waals surface area contributed by atoms with Crippen molar-refractivity contribution in [3.8, 4) is 0 Å². The molecule has 3 rings (SSSR count). The van der Waals surface area contributed by atoms with Gasteiger partial charge in [0.1, 0.15) is 5.60 Å². The van der Waals surface area contributed by atoms with E-state index in [9.17, 15) is 5.11 Å². The Morgan fingerprint density at radius 1 is 1.53 bits per heavy atom. The Morgan fingerprint density at radius 2 is 2.21 bits per heavy atom. The van der Waals surface area contributed by atoms with E-state index in [-0.39, 0.29) is 0 Å². The lowest BCUT2D eigenvalue weighted by atomic mass is 9.84. The molecular formula is C13H20ClN3O2. The minimum atomic E-state index is -0.863. The Bertz CT molecular complexity index is 451. The number of fused-ring (bicyclic) bond motifs is 2. The van der Waals surface area contributed by atoms with E-state index in [4.69, 9.17) is 16.3 Å². The number of hydrogen-bond donors (Lipinski definition) is 2. The molecule has 2 unspecified atom stereocenters. The zero-order valence-electron chi connectivity index (χ0n) is 11.1. The number of hydrogen-bond acceptors (Lipinski definition) is 4. The van der Waals surface area contributed by atoms with Gasteiger partial charge in [-0.15, -0.1) is 0 Å². The molecule has 0 aromatic carbocycles. The number of aromatic nitrogens is 2. The van der Waals surface area contributed by atoms with Gasteiger partial charge in [0.05, 0.1) is 30.1 Å². The molecule has 0 aliphatic carbocycles. The van der Waals surface area contributed by atoms with E-state index in [1.54, 1.807) is 18.0 Å². The van der Waals surface area contributed by atoms with Gasteiger partial charge in [0.15, 0.2) is 0 Å². The Labute approximate surface area is 117 Å². The third-order valence-corrected chi connectivity index (χ3v) is 4.52. The maximum atomic E-state index is 11.0. The number of nitrogens with one attached hydrogen (secondary N) is 1. The van der Waals surface area contributed by atoms with Crippen LogP contribution in [0.4, 0.5) is 0 Å². The van der Waals surface area contributed by atoms with Gasteiger partial charge in [0.25, 0.3) is 0 Å². The summed E-state index contributed by atoms with van der Waals surface area (Å²) in [4.78, 5) is 0. The second kappa shape index (κ2) is 5.05. The average molecular weight is 286 g/mol. The van der Waals surface area contributed by atoms with Gasteiger partial charge >= 0.3 is 0 Å². The summed E-state index contributed by atoms with van der Waals surface area (Å²) >= 11 is 6.26. The molecule has 1 aromatic rings. The minimum Gasteiger partial charge on any atom is -0.383 e. The Kier molecular flexibility index (Phi) is 3.55. The highest BCUT2D eigenvalue weighted by molar-refractivity contribution is 6.31. The van der Waals surface area contributed by atoms with E-state index in [0.29, 0.717) is 43.1 Å². The molecule has 5 nitrogen and oxygen atoms in total. The van der Waals surface area contributed by atoms with Crippen LogP contribution in [-0.4, -0.2) is 40.7 Å². The van der Waals surface area contributed by atoms with Crippen LogP contribution in [-0.2, 0) is 16.9 Å². The predicted molar refractivity (Wildman–Crippen MR) is 72.2 cm³/mol. The van der Waals surface area contributed by atoms with E-state index in [1.807, 2.05) is 0 Å². The van der Waals surface area contributed by atoms with Crippen LogP contribution < -0.4 is 5.32 Å². The monoisotopic (exact) mass is 285 g/mol. The van der Waals surface area contributed by atoms with Crippen molar-refractivity contribution in [3.05, 3.63) is 16.9 Å². The van der Waals surface area contributed by atoms with Crippen molar-refractivity contribution < 1.29 is 9.84 Å². The first-order chi connectivity index (χ1) is 9.12. The Hall–Kier alpha value is -0.620. The van der Waals surface area contributed by atoms with Crippen LogP contribution in [0.3, 0.4) is 0 Å². The lowest BCUT2D eigenvalue weighted by Crippen LogP contribution is -2.47. The summed E-state index contributed by atoms with van der Waals surface area (Å²) in [5.74, 6) is 0. The number of halogens is 1. The predicted octanol–water partition coefficient (Wildman–Crippen LogP) is 1.28. The van der Waals surface area contributed by atoms with Crippen molar-refractivity contribution >= 4 is 11.6 Å². The van der Waals surface area contributed by atoms with Crippen molar-refractivity contribution in [2.45, 2.75) is 49.9 Å².